The zero-order chi connectivity index (χ0) is 22.4. The highest BCUT2D eigenvalue weighted by Gasteiger charge is 2.52. The minimum absolute atomic E-state index is 0.0769. The van der Waals surface area contributed by atoms with E-state index in [0.717, 1.165) is 12.0 Å². The van der Waals surface area contributed by atoms with Crippen LogP contribution >= 0.6 is 11.6 Å². The fourth-order valence-electron chi connectivity index (χ4n) is 4.80. The highest BCUT2D eigenvalue weighted by Crippen LogP contribution is 2.52. The van der Waals surface area contributed by atoms with Crippen LogP contribution in [0, 0.1) is 5.41 Å². The Labute approximate surface area is 186 Å². The molecule has 0 fully saturated rings. The topological polar surface area (TPSA) is 87.6 Å². The van der Waals surface area contributed by atoms with Crippen molar-refractivity contribution in [3.8, 4) is 5.75 Å². The lowest BCUT2D eigenvalue weighted by Crippen LogP contribution is -2.55. The highest BCUT2D eigenvalue weighted by molar-refractivity contribution is 6.33. The maximum absolute atomic E-state index is 15.6. The van der Waals surface area contributed by atoms with E-state index in [9.17, 15) is 4.79 Å². The van der Waals surface area contributed by atoms with Gasteiger partial charge >= 0.3 is 0 Å². The van der Waals surface area contributed by atoms with Gasteiger partial charge in [-0.15, -0.1) is 0 Å². The minimum Gasteiger partial charge on any atom is -0.484 e. The van der Waals surface area contributed by atoms with Crippen LogP contribution in [0.2, 0.25) is 5.02 Å². The molecule has 4 rings (SSSR count). The molecule has 0 saturated carbocycles. The predicted octanol–water partition coefficient (Wildman–Crippen LogP) is 3.66. The summed E-state index contributed by atoms with van der Waals surface area (Å²) in [5.41, 5.74) is 12.1. The number of alkyl halides is 1. The van der Waals surface area contributed by atoms with Crippen molar-refractivity contribution in [3.63, 3.8) is 0 Å². The number of fused-ring (bicyclic) bond motifs is 1. The monoisotopic (exact) mass is 444 g/mol. The van der Waals surface area contributed by atoms with E-state index in [-0.39, 0.29) is 23.1 Å². The first kappa shape index (κ1) is 21.8. The second kappa shape index (κ2) is 7.93. The molecule has 1 amide bonds. The molecule has 1 aromatic rings. The second-order valence-electron chi connectivity index (χ2n) is 8.44. The van der Waals surface area contributed by atoms with Crippen molar-refractivity contribution in [1.29, 1.82) is 0 Å². The predicted molar refractivity (Wildman–Crippen MR) is 120 cm³/mol. The highest BCUT2D eigenvalue weighted by atomic mass is 35.5. The number of carbonyl (C=O) groups excluding carboxylic acids is 1. The molecule has 3 aliphatic rings. The molecule has 4 N–H and O–H groups in total. The van der Waals surface area contributed by atoms with Gasteiger partial charge in [-0.1, -0.05) is 55.0 Å². The normalized spacial score (nSPS) is 31.6. The van der Waals surface area contributed by atoms with E-state index in [4.69, 9.17) is 32.5 Å². The number of benzene rings is 1. The third-order valence-electron chi connectivity index (χ3n) is 6.72. The number of hydrogen-bond acceptors (Lipinski definition) is 4. The zero-order valence-electron chi connectivity index (χ0n) is 17.5. The quantitative estimate of drug-likeness (QED) is 0.725. The lowest BCUT2D eigenvalue weighted by molar-refractivity contribution is -0.114. The van der Waals surface area contributed by atoms with Gasteiger partial charge in [0.2, 0.25) is 5.91 Å². The van der Waals surface area contributed by atoms with Crippen LogP contribution in [0.25, 0.3) is 5.57 Å². The van der Waals surface area contributed by atoms with Gasteiger partial charge in [0.1, 0.15) is 17.5 Å². The standard InChI is InChI=1S/C24H26ClFN2O3/c1-23(10-4-3-5-11-23)24(13-27)12-15-17(31-24)9-7-16(25)19(15)20-14(22(28)29)6-8-18(30-2)21(20)26/h3-10,18,21H,11-13,27H2,1-2H3,(H2,28,29)/t18?,21?,23?,24-/m1/s1. The van der Waals surface area contributed by atoms with E-state index in [1.807, 2.05) is 12.2 Å². The van der Waals surface area contributed by atoms with Gasteiger partial charge in [-0.05, 0) is 18.6 Å². The Bertz CT molecular complexity index is 1050. The Balaban J connectivity index is 1.89. The van der Waals surface area contributed by atoms with Crippen LogP contribution in [0.1, 0.15) is 24.5 Å². The summed E-state index contributed by atoms with van der Waals surface area (Å²) in [6.07, 6.45) is 9.88. The number of ether oxygens (including phenoxy) is 2. The van der Waals surface area contributed by atoms with Gasteiger partial charge in [0.05, 0.1) is 0 Å². The number of methoxy groups -OCH3 is 1. The molecule has 1 aliphatic heterocycles. The van der Waals surface area contributed by atoms with E-state index in [0.29, 0.717) is 22.8 Å². The Morgan fingerprint density at radius 3 is 2.77 bits per heavy atom. The van der Waals surface area contributed by atoms with Crippen LogP contribution in [0.5, 0.6) is 5.75 Å². The van der Waals surface area contributed by atoms with Crippen molar-refractivity contribution < 1.29 is 18.7 Å². The minimum atomic E-state index is -1.61. The average Bonchev–Trinajstić information content (AvgIpc) is 3.15. The summed E-state index contributed by atoms with van der Waals surface area (Å²) in [5.74, 6) is -0.144. The summed E-state index contributed by atoms with van der Waals surface area (Å²) in [4.78, 5) is 12.2. The van der Waals surface area contributed by atoms with Crippen LogP contribution in [-0.2, 0) is 16.0 Å². The van der Waals surface area contributed by atoms with Crippen molar-refractivity contribution in [2.45, 2.75) is 37.6 Å². The number of amides is 1. The molecular weight excluding hydrogens is 419 g/mol. The summed E-state index contributed by atoms with van der Waals surface area (Å²) >= 11 is 6.59. The molecule has 0 bridgehead atoms. The van der Waals surface area contributed by atoms with Gasteiger partial charge < -0.3 is 20.9 Å². The number of allylic oxidation sites excluding steroid dienone is 3. The van der Waals surface area contributed by atoms with E-state index in [1.165, 1.54) is 19.3 Å². The number of hydrogen-bond donors (Lipinski definition) is 2. The van der Waals surface area contributed by atoms with Crippen molar-refractivity contribution in [2.24, 2.45) is 16.9 Å². The molecule has 3 unspecified atom stereocenters. The van der Waals surface area contributed by atoms with Gasteiger partial charge in [-0.2, -0.15) is 0 Å². The molecule has 0 saturated heterocycles. The van der Waals surface area contributed by atoms with Crippen molar-refractivity contribution in [1.82, 2.24) is 0 Å². The molecule has 0 spiro atoms. The summed E-state index contributed by atoms with van der Waals surface area (Å²) in [5, 5.41) is 0.320. The summed E-state index contributed by atoms with van der Waals surface area (Å²) in [6.45, 7) is 2.36. The van der Waals surface area contributed by atoms with E-state index >= 15 is 4.39 Å². The van der Waals surface area contributed by atoms with Crippen molar-refractivity contribution >= 4 is 23.1 Å². The van der Waals surface area contributed by atoms with Gasteiger partial charge in [0, 0.05) is 52.8 Å². The van der Waals surface area contributed by atoms with Gasteiger partial charge in [-0.3, -0.25) is 4.79 Å². The first-order chi connectivity index (χ1) is 14.8. The molecule has 164 valence electrons. The van der Waals surface area contributed by atoms with E-state index in [1.54, 1.807) is 12.1 Å². The Hall–Kier alpha value is -2.41. The van der Waals surface area contributed by atoms with Crippen molar-refractivity contribution in [2.75, 3.05) is 13.7 Å². The average molecular weight is 445 g/mol. The molecule has 1 aromatic carbocycles. The summed E-state index contributed by atoms with van der Waals surface area (Å²) in [7, 11) is 1.41. The fraction of sp³-hybridized carbons (Fsp3) is 0.375. The number of primary amides is 1. The molecule has 5 nitrogen and oxygen atoms in total. The maximum Gasteiger partial charge on any atom is 0.249 e. The molecule has 4 atom stereocenters. The van der Waals surface area contributed by atoms with Gasteiger partial charge in [0.15, 0.2) is 6.17 Å². The fourth-order valence-corrected chi connectivity index (χ4v) is 5.08. The van der Waals surface area contributed by atoms with E-state index in [2.05, 4.69) is 19.1 Å². The van der Waals surface area contributed by atoms with Crippen molar-refractivity contribution in [3.05, 3.63) is 70.3 Å². The molecule has 2 aliphatic carbocycles. The molecule has 7 heteroatoms. The third-order valence-corrected chi connectivity index (χ3v) is 7.04. The lowest BCUT2D eigenvalue weighted by atomic mass is 9.67. The summed E-state index contributed by atoms with van der Waals surface area (Å²) < 4.78 is 27.3. The molecule has 1 heterocycles. The second-order valence-corrected chi connectivity index (χ2v) is 8.85. The summed E-state index contributed by atoms with van der Waals surface area (Å²) in [6, 6.07) is 3.42. The largest absolute Gasteiger partial charge is 0.484 e. The SMILES string of the molecule is COC1C=CC(C(N)=O)=C(c2c(Cl)ccc3c2C[C@@](CN)(C2(C)C=CC=CC2)O3)C1F. The van der Waals surface area contributed by atoms with Crippen LogP contribution in [0.4, 0.5) is 4.39 Å². The third kappa shape index (κ3) is 3.34. The molecule has 0 aromatic heterocycles. The Morgan fingerprint density at radius 1 is 1.39 bits per heavy atom. The van der Waals surface area contributed by atoms with Crippen LogP contribution in [0.15, 0.2) is 54.2 Å². The maximum atomic E-state index is 15.6. The Kier molecular flexibility index (Phi) is 5.58. The van der Waals surface area contributed by atoms with Crippen LogP contribution in [0.3, 0.4) is 0 Å². The number of nitrogens with two attached hydrogens (primary N) is 2. The first-order valence-corrected chi connectivity index (χ1v) is 10.6. The van der Waals surface area contributed by atoms with Crippen LogP contribution in [-0.4, -0.2) is 37.4 Å². The molecule has 0 radical (unpaired) electrons. The smallest absolute Gasteiger partial charge is 0.249 e. The van der Waals surface area contributed by atoms with Gasteiger partial charge in [0.25, 0.3) is 0 Å². The number of carbonyl (C=O) groups is 1. The first-order valence-electron chi connectivity index (χ1n) is 10.2. The van der Waals surface area contributed by atoms with Gasteiger partial charge in [-0.25, -0.2) is 4.39 Å². The zero-order valence-corrected chi connectivity index (χ0v) is 18.3. The molecule has 31 heavy (non-hydrogen) atoms. The molecular formula is C24H26ClFN2O3. The van der Waals surface area contributed by atoms with Crippen LogP contribution < -0.4 is 16.2 Å². The number of halogens is 2. The lowest BCUT2D eigenvalue weighted by Gasteiger charge is -2.43. The Morgan fingerprint density at radius 2 is 2.16 bits per heavy atom. The van der Waals surface area contributed by atoms with E-state index < -0.39 is 23.8 Å². The number of rotatable bonds is 5.